The maximum atomic E-state index is 15.2. The number of pyridine rings is 3. The van der Waals surface area contributed by atoms with Crippen molar-refractivity contribution in [2.75, 3.05) is 35.6 Å². The van der Waals surface area contributed by atoms with Gasteiger partial charge in [-0.25, -0.2) is 19.2 Å². The molecule has 0 atom stereocenters. The molecule has 0 spiro atoms. The molecule has 0 radical (unpaired) electrons. The molecule has 5 heterocycles. The molecule has 1 saturated heterocycles. The standard InChI is InChI=1S/C26H27FN6O4S/c27-19-9-17-22(35)18(26(36)37)12-33(16-2-3-16)24(17)31-25(19)32-7-5-14(6-8-32)10-28-11-15-1-4-20-23(29-15)30-21(34)13-38-20/h1,4,9,12,14,16,28H,2-3,5-8,10-11,13H2,(H,36,37)(H,29,30,34). The van der Waals surface area contributed by atoms with Gasteiger partial charge < -0.3 is 25.2 Å². The van der Waals surface area contributed by atoms with Crippen molar-refractivity contribution in [3.63, 3.8) is 0 Å². The number of carboxylic acid groups (broad SMARTS) is 1. The first-order valence-corrected chi connectivity index (χ1v) is 13.7. The lowest BCUT2D eigenvalue weighted by Gasteiger charge is -2.33. The van der Waals surface area contributed by atoms with E-state index in [2.05, 4.69) is 20.6 Å². The van der Waals surface area contributed by atoms with E-state index >= 15 is 4.39 Å². The van der Waals surface area contributed by atoms with E-state index in [4.69, 9.17) is 0 Å². The molecule has 2 aliphatic heterocycles. The Morgan fingerprint density at radius 3 is 2.71 bits per heavy atom. The van der Waals surface area contributed by atoms with Crippen molar-refractivity contribution in [2.45, 2.75) is 43.2 Å². The molecule has 1 aliphatic carbocycles. The van der Waals surface area contributed by atoms with E-state index in [9.17, 15) is 19.5 Å². The Bertz CT molecular complexity index is 1500. The summed E-state index contributed by atoms with van der Waals surface area (Å²) in [5.41, 5.74) is 0.136. The minimum absolute atomic E-state index is 0.00563. The van der Waals surface area contributed by atoms with Gasteiger partial charge in [-0.15, -0.1) is 11.8 Å². The number of carboxylic acids is 1. The Morgan fingerprint density at radius 1 is 1.18 bits per heavy atom. The highest BCUT2D eigenvalue weighted by Crippen LogP contribution is 2.37. The third-order valence-corrected chi connectivity index (χ3v) is 8.34. The summed E-state index contributed by atoms with van der Waals surface area (Å²) >= 11 is 1.49. The van der Waals surface area contributed by atoms with E-state index in [0.29, 0.717) is 42.8 Å². The number of anilines is 2. The zero-order valence-corrected chi connectivity index (χ0v) is 21.4. The Morgan fingerprint density at radius 2 is 1.97 bits per heavy atom. The van der Waals surface area contributed by atoms with E-state index in [1.54, 1.807) is 4.57 Å². The zero-order valence-electron chi connectivity index (χ0n) is 20.6. The minimum atomic E-state index is -1.32. The predicted molar refractivity (Wildman–Crippen MR) is 141 cm³/mol. The van der Waals surface area contributed by atoms with Crippen LogP contribution in [-0.2, 0) is 11.3 Å². The van der Waals surface area contributed by atoms with Crippen LogP contribution in [0.4, 0.5) is 16.0 Å². The lowest BCUT2D eigenvalue weighted by Crippen LogP contribution is -2.38. The highest BCUT2D eigenvalue weighted by Gasteiger charge is 2.29. The molecule has 198 valence electrons. The van der Waals surface area contributed by atoms with Crippen molar-refractivity contribution in [3.05, 3.63) is 51.7 Å². The van der Waals surface area contributed by atoms with Crippen LogP contribution < -0.4 is 21.0 Å². The molecule has 0 aromatic carbocycles. The molecule has 3 aliphatic rings. The van der Waals surface area contributed by atoms with Crippen LogP contribution in [0, 0.1) is 11.7 Å². The average molecular weight is 539 g/mol. The summed E-state index contributed by atoms with van der Waals surface area (Å²) in [5.74, 6) is -0.320. The Labute approximate surface area is 221 Å². The molecular weight excluding hydrogens is 511 g/mol. The van der Waals surface area contributed by atoms with Gasteiger partial charge in [0.25, 0.3) is 0 Å². The number of nitrogens with one attached hydrogen (secondary N) is 2. The summed E-state index contributed by atoms with van der Waals surface area (Å²) in [4.78, 5) is 47.8. The number of aromatic nitrogens is 3. The molecule has 38 heavy (non-hydrogen) atoms. The number of piperidine rings is 1. The fourth-order valence-corrected chi connectivity index (χ4v) is 5.86. The fourth-order valence-electron chi connectivity index (χ4n) is 5.10. The number of thioether (sulfide) groups is 1. The zero-order chi connectivity index (χ0) is 26.4. The number of fused-ring (bicyclic) bond motifs is 2. The summed E-state index contributed by atoms with van der Waals surface area (Å²) in [5, 5.41) is 15.7. The second-order valence-electron chi connectivity index (χ2n) is 10.0. The number of amides is 1. The fraction of sp³-hybridized carbons (Fsp3) is 0.423. The molecule has 0 unspecified atom stereocenters. The lowest BCUT2D eigenvalue weighted by molar-refractivity contribution is -0.113. The van der Waals surface area contributed by atoms with Crippen molar-refractivity contribution >= 4 is 46.3 Å². The van der Waals surface area contributed by atoms with Crippen molar-refractivity contribution in [1.82, 2.24) is 19.9 Å². The normalized spacial score (nSPS) is 17.9. The number of rotatable bonds is 7. The topological polar surface area (TPSA) is 129 Å². The van der Waals surface area contributed by atoms with Crippen LogP contribution >= 0.6 is 11.8 Å². The van der Waals surface area contributed by atoms with E-state index in [-0.39, 0.29) is 28.7 Å². The van der Waals surface area contributed by atoms with Gasteiger partial charge in [0, 0.05) is 31.9 Å². The largest absolute Gasteiger partial charge is 0.477 e. The van der Waals surface area contributed by atoms with Gasteiger partial charge in [-0.3, -0.25) is 9.59 Å². The third kappa shape index (κ3) is 4.85. The number of hydrogen-bond acceptors (Lipinski definition) is 8. The highest BCUT2D eigenvalue weighted by molar-refractivity contribution is 8.00. The van der Waals surface area contributed by atoms with E-state index in [0.717, 1.165) is 48.9 Å². The number of nitrogens with zero attached hydrogens (tertiary/aromatic N) is 4. The Kier molecular flexibility index (Phi) is 6.52. The van der Waals surface area contributed by atoms with Crippen molar-refractivity contribution in [1.29, 1.82) is 0 Å². The number of aromatic carboxylic acids is 1. The van der Waals surface area contributed by atoms with E-state index in [1.807, 2.05) is 17.0 Å². The first kappa shape index (κ1) is 24.8. The van der Waals surface area contributed by atoms with Gasteiger partial charge in [-0.05, 0) is 56.3 Å². The molecule has 10 nitrogen and oxygen atoms in total. The molecule has 0 bridgehead atoms. The predicted octanol–water partition coefficient (Wildman–Crippen LogP) is 3.01. The summed E-state index contributed by atoms with van der Waals surface area (Å²) in [6, 6.07) is 5.18. The third-order valence-electron chi connectivity index (χ3n) is 7.30. The summed E-state index contributed by atoms with van der Waals surface area (Å²) < 4.78 is 16.9. The van der Waals surface area contributed by atoms with Gasteiger partial charge in [-0.2, -0.15) is 0 Å². The van der Waals surface area contributed by atoms with Crippen LogP contribution in [-0.4, -0.2) is 56.9 Å². The van der Waals surface area contributed by atoms with Gasteiger partial charge in [0.1, 0.15) is 17.0 Å². The Balaban J connectivity index is 1.11. The summed E-state index contributed by atoms with van der Waals surface area (Å²) in [7, 11) is 0. The molecular formula is C26H27FN6O4S. The maximum absolute atomic E-state index is 15.2. The molecule has 1 amide bonds. The minimum Gasteiger partial charge on any atom is -0.477 e. The first-order chi connectivity index (χ1) is 18.4. The molecule has 2 fully saturated rings. The summed E-state index contributed by atoms with van der Waals surface area (Å²) in [6.07, 6.45) is 4.80. The van der Waals surface area contributed by atoms with Crippen LogP contribution in [0.25, 0.3) is 11.0 Å². The molecule has 3 N–H and O–H groups in total. The average Bonchev–Trinajstić information content (AvgIpc) is 3.74. The molecule has 12 heteroatoms. The van der Waals surface area contributed by atoms with Gasteiger partial charge in [0.15, 0.2) is 11.6 Å². The van der Waals surface area contributed by atoms with Gasteiger partial charge in [0.05, 0.1) is 21.7 Å². The number of hydrogen-bond donors (Lipinski definition) is 3. The van der Waals surface area contributed by atoms with Gasteiger partial charge in [-0.1, -0.05) is 0 Å². The van der Waals surface area contributed by atoms with Crippen molar-refractivity contribution in [3.8, 4) is 0 Å². The van der Waals surface area contributed by atoms with Crippen molar-refractivity contribution < 1.29 is 19.1 Å². The quantitative estimate of drug-likeness (QED) is 0.416. The SMILES string of the molecule is O=C1CSc2ccc(CNCC3CCN(c4nc5c(cc4F)c(=O)c(C(=O)O)cn5C4CC4)CC3)nc2N1. The van der Waals surface area contributed by atoms with Crippen LogP contribution in [0.15, 0.2) is 34.1 Å². The molecule has 3 aromatic rings. The number of carbonyl (C=O) groups excluding carboxylic acids is 1. The van der Waals surface area contributed by atoms with Gasteiger partial charge >= 0.3 is 5.97 Å². The van der Waals surface area contributed by atoms with E-state index < -0.39 is 17.2 Å². The van der Waals surface area contributed by atoms with Crippen molar-refractivity contribution in [2.24, 2.45) is 5.92 Å². The first-order valence-electron chi connectivity index (χ1n) is 12.7. The van der Waals surface area contributed by atoms with Crippen LogP contribution in [0.3, 0.4) is 0 Å². The van der Waals surface area contributed by atoms with Gasteiger partial charge in [0.2, 0.25) is 11.3 Å². The van der Waals surface area contributed by atoms with Crippen LogP contribution in [0.5, 0.6) is 0 Å². The second kappa shape index (κ2) is 9.99. The summed E-state index contributed by atoms with van der Waals surface area (Å²) in [6.45, 7) is 2.64. The van der Waals surface area contributed by atoms with Crippen LogP contribution in [0.2, 0.25) is 0 Å². The Hall–Kier alpha value is -3.51. The van der Waals surface area contributed by atoms with E-state index in [1.165, 1.54) is 18.0 Å². The van der Waals surface area contributed by atoms with Crippen LogP contribution in [0.1, 0.15) is 47.8 Å². The molecule has 3 aromatic heterocycles. The lowest BCUT2D eigenvalue weighted by atomic mass is 9.96. The second-order valence-corrected chi connectivity index (χ2v) is 11.0. The number of carbonyl (C=O) groups is 2. The maximum Gasteiger partial charge on any atom is 0.341 e. The molecule has 1 saturated carbocycles. The number of halogens is 1. The molecule has 6 rings (SSSR count). The monoisotopic (exact) mass is 538 g/mol. The highest BCUT2D eigenvalue weighted by atomic mass is 32.2. The smallest absolute Gasteiger partial charge is 0.341 e.